The van der Waals surface area contributed by atoms with E-state index >= 15 is 0 Å². The second kappa shape index (κ2) is 7.10. The molecule has 6 nitrogen and oxygen atoms in total. The predicted octanol–water partition coefficient (Wildman–Crippen LogP) is 3.20. The molecule has 1 unspecified atom stereocenters. The molecule has 0 spiro atoms. The van der Waals surface area contributed by atoms with Gasteiger partial charge in [-0.1, -0.05) is 11.8 Å². The van der Waals surface area contributed by atoms with Crippen LogP contribution in [0.4, 0.5) is 9.52 Å². The van der Waals surface area contributed by atoms with Crippen molar-refractivity contribution in [3.63, 3.8) is 0 Å². The van der Waals surface area contributed by atoms with Crippen molar-refractivity contribution >= 4 is 34.1 Å². The topological polar surface area (TPSA) is 72.7 Å². The smallest absolute Gasteiger partial charge is 0.239 e. The third-order valence-electron chi connectivity index (χ3n) is 3.20. The number of amides is 1. The fraction of sp³-hybridized carbons (Fsp3) is 0.200. The Morgan fingerprint density at radius 1 is 1.38 bits per heavy atom. The maximum atomic E-state index is 13.0. The Morgan fingerprint density at radius 3 is 2.79 bits per heavy atom. The molecule has 0 aliphatic carbocycles. The van der Waals surface area contributed by atoms with E-state index in [0.717, 1.165) is 5.56 Å². The van der Waals surface area contributed by atoms with Crippen LogP contribution >= 0.6 is 23.1 Å². The molecule has 1 N–H and O–H groups in total. The summed E-state index contributed by atoms with van der Waals surface area (Å²) in [6, 6.07) is 6.07. The van der Waals surface area contributed by atoms with Crippen molar-refractivity contribution < 1.29 is 9.18 Å². The molecule has 24 heavy (non-hydrogen) atoms. The van der Waals surface area contributed by atoms with Gasteiger partial charge in [0.25, 0.3) is 0 Å². The van der Waals surface area contributed by atoms with Crippen molar-refractivity contribution in [2.24, 2.45) is 7.05 Å². The zero-order valence-electron chi connectivity index (χ0n) is 12.9. The number of aryl methyl sites for hydroxylation is 1. The fourth-order valence-corrected chi connectivity index (χ4v) is 3.39. The Kier molecular flexibility index (Phi) is 4.91. The van der Waals surface area contributed by atoms with E-state index in [2.05, 4.69) is 20.5 Å². The SMILES string of the molecule is CC(Sc1nncn1C)C(=O)Nc1nc(-c2ccc(F)cc2)cs1. The molecule has 3 aromatic rings. The largest absolute Gasteiger partial charge is 0.312 e. The molecule has 0 saturated carbocycles. The lowest BCUT2D eigenvalue weighted by molar-refractivity contribution is -0.115. The number of benzene rings is 1. The molecular formula is C15H14FN5OS2. The number of nitrogens with zero attached hydrogens (tertiary/aromatic N) is 4. The van der Waals surface area contributed by atoms with Gasteiger partial charge in [0.15, 0.2) is 10.3 Å². The number of halogens is 1. The summed E-state index contributed by atoms with van der Waals surface area (Å²) in [5.41, 5.74) is 1.50. The van der Waals surface area contributed by atoms with Crippen LogP contribution in [0.1, 0.15) is 6.92 Å². The van der Waals surface area contributed by atoms with Gasteiger partial charge in [-0.3, -0.25) is 4.79 Å². The lowest BCUT2D eigenvalue weighted by Crippen LogP contribution is -2.22. The van der Waals surface area contributed by atoms with Crippen LogP contribution in [0.5, 0.6) is 0 Å². The molecule has 2 heterocycles. The van der Waals surface area contributed by atoms with E-state index in [1.165, 1.54) is 35.2 Å². The zero-order chi connectivity index (χ0) is 17.1. The molecule has 9 heteroatoms. The van der Waals surface area contributed by atoms with Gasteiger partial charge in [-0.25, -0.2) is 9.37 Å². The lowest BCUT2D eigenvalue weighted by atomic mass is 10.2. The molecular weight excluding hydrogens is 349 g/mol. The monoisotopic (exact) mass is 363 g/mol. The summed E-state index contributed by atoms with van der Waals surface area (Å²) in [6.45, 7) is 1.79. The average Bonchev–Trinajstić information content (AvgIpc) is 3.18. The molecule has 2 aromatic heterocycles. The van der Waals surface area contributed by atoms with Crippen LogP contribution in [0, 0.1) is 5.82 Å². The fourth-order valence-electron chi connectivity index (χ4n) is 1.88. The van der Waals surface area contributed by atoms with Gasteiger partial charge in [0.2, 0.25) is 5.91 Å². The van der Waals surface area contributed by atoms with Crippen molar-refractivity contribution in [3.8, 4) is 11.3 Å². The lowest BCUT2D eigenvalue weighted by Gasteiger charge is -2.09. The van der Waals surface area contributed by atoms with Crippen molar-refractivity contribution in [2.45, 2.75) is 17.3 Å². The predicted molar refractivity (Wildman–Crippen MR) is 92.5 cm³/mol. The molecule has 0 aliphatic heterocycles. The Bertz CT molecular complexity index is 846. The van der Waals surface area contributed by atoms with Gasteiger partial charge in [-0.2, -0.15) is 0 Å². The molecule has 3 rings (SSSR count). The van der Waals surface area contributed by atoms with Gasteiger partial charge >= 0.3 is 0 Å². The van der Waals surface area contributed by atoms with Gasteiger partial charge in [-0.05, 0) is 31.2 Å². The number of nitrogens with one attached hydrogen (secondary N) is 1. The first kappa shape index (κ1) is 16.6. The highest BCUT2D eigenvalue weighted by Gasteiger charge is 2.18. The summed E-state index contributed by atoms with van der Waals surface area (Å²) >= 11 is 2.65. The molecule has 1 atom stereocenters. The summed E-state index contributed by atoms with van der Waals surface area (Å²) < 4.78 is 14.7. The number of hydrogen-bond acceptors (Lipinski definition) is 6. The van der Waals surface area contributed by atoms with Gasteiger partial charge in [-0.15, -0.1) is 21.5 Å². The first-order valence-corrected chi connectivity index (χ1v) is 8.82. The van der Waals surface area contributed by atoms with Crippen LogP contribution in [0.25, 0.3) is 11.3 Å². The Hall–Kier alpha value is -2.26. The highest BCUT2D eigenvalue weighted by atomic mass is 32.2. The zero-order valence-corrected chi connectivity index (χ0v) is 14.6. The first-order chi connectivity index (χ1) is 11.5. The Labute approximate surface area is 146 Å². The van der Waals surface area contributed by atoms with Gasteiger partial charge in [0.1, 0.15) is 12.1 Å². The Morgan fingerprint density at radius 2 is 2.12 bits per heavy atom. The van der Waals surface area contributed by atoms with Crippen LogP contribution in [0.15, 0.2) is 41.1 Å². The van der Waals surface area contributed by atoms with Gasteiger partial charge in [0, 0.05) is 18.0 Å². The minimum absolute atomic E-state index is 0.164. The van der Waals surface area contributed by atoms with Crippen molar-refractivity contribution in [1.82, 2.24) is 19.7 Å². The summed E-state index contributed by atoms with van der Waals surface area (Å²) in [6.07, 6.45) is 1.59. The molecule has 0 radical (unpaired) electrons. The number of thioether (sulfide) groups is 1. The highest BCUT2D eigenvalue weighted by Crippen LogP contribution is 2.26. The second-order valence-corrected chi connectivity index (χ2v) is 7.18. The van der Waals surface area contributed by atoms with E-state index in [-0.39, 0.29) is 17.0 Å². The van der Waals surface area contributed by atoms with Crippen LogP contribution in [-0.4, -0.2) is 30.9 Å². The van der Waals surface area contributed by atoms with Gasteiger partial charge < -0.3 is 9.88 Å². The molecule has 0 fully saturated rings. The number of carbonyl (C=O) groups excluding carboxylic acids is 1. The molecule has 0 saturated heterocycles. The minimum atomic E-state index is -0.342. The molecule has 124 valence electrons. The maximum Gasteiger partial charge on any atom is 0.239 e. The maximum absolute atomic E-state index is 13.0. The standard InChI is InChI=1S/C15H14FN5OS2/c1-9(24-15-20-17-8-21(15)2)13(22)19-14-18-12(7-23-14)10-3-5-11(16)6-4-10/h3-9H,1-2H3,(H,18,19,22). The van der Waals surface area contributed by atoms with E-state index in [9.17, 15) is 9.18 Å². The number of hydrogen-bond donors (Lipinski definition) is 1. The summed E-state index contributed by atoms with van der Waals surface area (Å²) in [4.78, 5) is 16.6. The van der Waals surface area contributed by atoms with Crippen LogP contribution < -0.4 is 5.32 Å². The molecule has 1 amide bonds. The Balaban J connectivity index is 1.64. The van der Waals surface area contributed by atoms with Crippen molar-refractivity contribution in [1.29, 1.82) is 0 Å². The third-order valence-corrected chi connectivity index (χ3v) is 5.10. The quantitative estimate of drug-likeness (QED) is 0.705. The van der Waals surface area contributed by atoms with Crippen molar-refractivity contribution in [2.75, 3.05) is 5.32 Å². The van der Waals surface area contributed by atoms with E-state index in [0.29, 0.717) is 16.0 Å². The third kappa shape index (κ3) is 3.80. The van der Waals surface area contributed by atoms with Gasteiger partial charge in [0.05, 0.1) is 10.9 Å². The van der Waals surface area contributed by atoms with E-state index in [1.807, 2.05) is 12.4 Å². The highest BCUT2D eigenvalue weighted by molar-refractivity contribution is 8.00. The van der Waals surface area contributed by atoms with Crippen LogP contribution in [0.3, 0.4) is 0 Å². The molecule has 1 aromatic carbocycles. The number of rotatable bonds is 5. The minimum Gasteiger partial charge on any atom is -0.312 e. The number of thiazole rings is 1. The number of carbonyl (C=O) groups is 1. The van der Waals surface area contributed by atoms with Crippen molar-refractivity contribution in [3.05, 3.63) is 41.8 Å². The van der Waals surface area contributed by atoms with E-state index < -0.39 is 0 Å². The van der Waals surface area contributed by atoms with E-state index in [4.69, 9.17) is 0 Å². The summed E-state index contributed by atoms with van der Waals surface area (Å²) in [5.74, 6) is -0.458. The number of anilines is 1. The normalized spacial score (nSPS) is 12.1. The summed E-state index contributed by atoms with van der Waals surface area (Å²) in [5, 5.41) is 13.2. The molecule has 0 aliphatic rings. The number of aromatic nitrogens is 4. The van der Waals surface area contributed by atoms with Crippen LogP contribution in [-0.2, 0) is 11.8 Å². The van der Waals surface area contributed by atoms with Crippen LogP contribution in [0.2, 0.25) is 0 Å². The summed E-state index contributed by atoms with van der Waals surface area (Å²) in [7, 11) is 1.82. The first-order valence-electron chi connectivity index (χ1n) is 7.06. The molecule has 0 bridgehead atoms. The van der Waals surface area contributed by atoms with E-state index in [1.54, 1.807) is 30.0 Å². The second-order valence-electron chi connectivity index (χ2n) is 5.02. The average molecular weight is 363 g/mol.